The van der Waals surface area contributed by atoms with E-state index in [4.69, 9.17) is 23.1 Å². The smallest absolute Gasteiger partial charge is 0.284 e. The van der Waals surface area contributed by atoms with E-state index in [9.17, 15) is 0 Å². The molecule has 7 heteroatoms. The predicted octanol–water partition coefficient (Wildman–Crippen LogP) is 4.63. The highest BCUT2D eigenvalue weighted by Crippen LogP contribution is 2.29. The van der Waals surface area contributed by atoms with Crippen LogP contribution in [0.15, 0.2) is 0 Å². The Labute approximate surface area is 150 Å². The van der Waals surface area contributed by atoms with Crippen molar-refractivity contribution in [1.29, 1.82) is 0 Å². The fourth-order valence-corrected chi connectivity index (χ4v) is 11.4. The van der Waals surface area contributed by atoms with Gasteiger partial charge in [0.2, 0.25) is 8.32 Å². The van der Waals surface area contributed by atoms with Crippen molar-refractivity contribution >= 4 is 16.6 Å². The third kappa shape index (κ3) is 6.86. The van der Waals surface area contributed by atoms with Crippen molar-refractivity contribution < 1.29 is 23.1 Å². The zero-order valence-electron chi connectivity index (χ0n) is 16.9. The number of rotatable bonds is 10. The van der Waals surface area contributed by atoms with Gasteiger partial charge in [-0.2, -0.15) is 0 Å². The molecule has 1 aliphatic heterocycles. The summed E-state index contributed by atoms with van der Waals surface area (Å²) in [7, 11) is -3.58. The van der Waals surface area contributed by atoms with Crippen molar-refractivity contribution in [2.75, 3.05) is 13.2 Å². The van der Waals surface area contributed by atoms with Gasteiger partial charge in [-0.15, -0.1) is 0 Å². The Morgan fingerprint density at radius 1 is 0.958 bits per heavy atom. The van der Waals surface area contributed by atoms with E-state index >= 15 is 0 Å². The van der Waals surface area contributed by atoms with E-state index in [-0.39, 0.29) is 12.0 Å². The summed E-state index contributed by atoms with van der Waals surface area (Å²) >= 11 is 0. The highest BCUT2D eigenvalue weighted by atomic mass is 28.4. The molecule has 2 atom stereocenters. The molecule has 144 valence electrons. The molecule has 0 bridgehead atoms. The van der Waals surface area contributed by atoms with Crippen LogP contribution in [-0.4, -0.2) is 47.8 Å². The molecular formula is C17H38O5Si2. The Morgan fingerprint density at radius 3 is 1.96 bits per heavy atom. The van der Waals surface area contributed by atoms with Crippen molar-refractivity contribution in [2.45, 2.75) is 97.2 Å². The van der Waals surface area contributed by atoms with Crippen LogP contribution in [0, 0.1) is 0 Å². The van der Waals surface area contributed by atoms with E-state index in [1.807, 2.05) is 6.92 Å². The Morgan fingerprint density at radius 2 is 1.54 bits per heavy atom. The summed E-state index contributed by atoms with van der Waals surface area (Å²) in [5.41, 5.74) is 0.0895. The van der Waals surface area contributed by atoms with E-state index in [1.54, 1.807) is 0 Å². The first-order chi connectivity index (χ1) is 11.1. The minimum absolute atomic E-state index is 0.0895. The molecule has 0 aromatic rings. The molecule has 0 radical (unpaired) electrons. The standard InChI is InChI=1S/C17H38O5Si2/c1-9-15(21-17(11-3)18-13-12-14-19-17)20-16(10-2)24(7,8)22-23(4,5)6/h15-16H,9-14H2,1-8H3. The van der Waals surface area contributed by atoms with Crippen LogP contribution in [0.5, 0.6) is 0 Å². The van der Waals surface area contributed by atoms with Crippen molar-refractivity contribution in [3.63, 3.8) is 0 Å². The van der Waals surface area contributed by atoms with Crippen molar-refractivity contribution in [2.24, 2.45) is 0 Å². The second-order valence-corrected chi connectivity index (χ2v) is 16.8. The van der Waals surface area contributed by atoms with Gasteiger partial charge in [-0.25, -0.2) is 0 Å². The molecule has 0 amide bonds. The minimum atomic E-state index is -1.97. The first-order valence-electron chi connectivity index (χ1n) is 9.39. The highest BCUT2D eigenvalue weighted by molar-refractivity contribution is 6.84. The lowest BCUT2D eigenvalue weighted by Gasteiger charge is -2.41. The van der Waals surface area contributed by atoms with Gasteiger partial charge in [0, 0.05) is 6.42 Å². The van der Waals surface area contributed by atoms with Gasteiger partial charge in [-0.1, -0.05) is 20.8 Å². The fourth-order valence-electron chi connectivity index (χ4n) is 3.11. The summed E-state index contributed by atoms with van der Waals surface area (Å²) in [6.45, 7) is 18.8. The predicted molar refractivity (Wildman–Crippen MR) is 102 cm³/mol. The Bertz CT molecular complexity index is 364. The molecule has 1 rings (SSSR count). The van der Waals surface area contributed by atoms with Crippen LogP contribution in [0.2, 0.25) is 32.7 Å². The molecule has 0 aromatic heterocycles. The lowest BCUT2D eigenvalue weighted by Crippen LogP contribution is -2.54. The lowest BCUT2D eigenvalue weighted by atomic mass is 10.3. The fraction of sp³-hybridized carbons (Fsp3) is 1.00. The normalized spacial score (nSPS) is 21.5. The van der Waals surface area contributed by atoms with Gasteiger partial charge in [-0.3, -0.25) is 4.74 Å². The van der Waals surface area contributed by atoms with Gasteiger partial charge >= 0.3 is 0 Å². The molecular weight excluding hydrogens is 340 g/mol. The van der Waals surface area contributed by atoms with E-state index in [2.05, 4.69) is 46.6 Å². The van der Waals surface area contributed by atoms with Crippen LogP contribution in [0.25, 0.3) is 0 Å². The molecule has 1 heterocycles. The zero-order valence-corrected chi connectivity index (χ0v) is 18.9. The molecule has 24 heavy (non-hydrogen) atoms. The molecule has 0 spiro atoms. The van der Waals surface area contributed by atoms with Crippen LogP contribution in [0.1, 0.15) is 46.5 Å². The maximum atomic E-state index is 6.50. The van der Waals surface area contributed by atoms with Crippen LogP contribution in [0.4, 0.5) is 0 Å². The van der Waals surface area contributed by atoms with Crippen LogP contribution < -0.4 is 0 Å². The zero-order chi connectivity index (χ0) is 18.4. The summed E-state index contributed by atoms with van der Waals surface area (Å²) in [5.74, 6) is -0.956. The second kappa shape index (κ2) is 9.25. The molecule has 1 saturated heterocycles. The van der Waals surface area contributed by atoms with Gasteiger partial charge in [-0.05, 0) is 52.0 Å². The van der Waals surface area contributed by atoms with E-state index in [0.29, 0.717) is 19.6 Å². The van der Waals surface area contributed by atoms with Crippen molar-refractivity contribution in [3.05, 3.63) is 0 Å². The summed E-state index contributed by atoms with van der Waals surface area (Å²) < 4.78 is 30.6. The second-order valence-electron chi connectivity index (χ2n) is 7.89. The minimum Gasteiger partial charge on any atom is -0.454 e. The average Bonchev–Trinajstić information content (AvgIpc) is 2.49. The molecule has 0 aliphatic carbocycles. The maximum absolute atomic E-state index is 6.50. The van der Waals surface area contributed by atoms with Gasteiger partial charge in [0.15, 0.2) is 14.6 Å². The van der Waals surface area contributed by atoms with Gasteiger partial charge in [0.1, 0.15) is 0 Å². The van der Waals surface area contributed by atoms with Gasteiger partial charge < -0.3 is 18.3 Å². The highest BCUT2D eigenvalue weighted by Gasteiger charge is 2.41. The number of hydrogen-bond donors (Lipinski definition) is 0. The molecule has 1 fully saturated rings. The van der Waals surface area contributed by atoms with Crippen LogP contribution in [0.3, 0.4) is 0 Å². The molecule has 1 aliphatic rings. The summed E-state index contributed by atoms with van der Waals surface area (Å²) in [6.07, 6.45) is 2.89. The molecule has 2 unspecified atom stereocenters. The first-order valence-corrected chi connectivity index (χ1v) is 15.8. The first kappa shape index (κ1) is 22.3. The Balaban J connectivity index is 2.76. The van der Waals surface area contributed by atoms with Crippen LogP contribution in [-0.2, 0) is 23.1 Å². The van der Waals surface area contributed by atoms with Crippen molar-refractivity contribution in [1.82, 2.24) is 0 Å². The molecule has 0 aromatic carbocycles. The number of hydrogen-bond acceptors (Lipinski definition) is 5. The average molecular weight is 379 g/mol. The van der Waals surface area contributed by atoms with Crippen LogP contribution >= 0.6 is 0 Å². The SMILES string of the molecule is CCC(OC(CC)[Si](C)(C)O[Si](C)(C)C)OC1(CC)OCCCO1. The maximum Gasteiger partial charge on any atom is 0.284 e. The van der Waals surface area contributed by atoms with E-state index in [1.165, 1.54) is 0 Å². The summed E-state index contributed by atoms with van der Waals surface area (Å²) in [6, 6.07) is 0. The largest absolute Gasteiger partial charge is 0.454 e. The topological polar surface area (TPSA) is 46.2 Å². The van der Waals surface area contributed by atoms with E-state index < -0.39 is 22.6 Å². The van der Waals surface area contributed by atoms with Crippen molar-refractivity contribution in [3.8, 4) is 0 Å². The lowest BCUT2D eigenvalue weighted by molar-refractivity contribution is -0.436. The van der Waals surface area contributed by atoms with Gasteiger partial charge in [0.25, 0.3) is 5.97 Å². The third-order valence-electron chi connectivity index (χ3n) is 4.04. The third-order valence-corrected chi connectivity index (χ3v) is 10.7. The summed E-state index contributed by atoms with van der Waals surface area (Å²) in [5, 5.41) is 0. The molecule has 5 nitrogen and oxygen atoms in total. The van der Waals surface area contributed by atoms with Gasteiger partial charge in [0.05, 0.1) is 18.9 Å². The summed E-state index contributed by atoms with van der Waals surface area (Å²) in [4.78, 5) is 0. The van der Waals surface area contributed by atoms with E-state index in [0.717, 1.165) is 19.3 Å². The quantitative estimate of drug-likeness (QED) is 0.410. The molecule has 0 saturated carbocycles. The molecule has 0 N–H and O–H groups in total. The number of ether oxygens (including phenoxy) is 4. The monoisotopic (exact) mass is 378 g/mol. The Hall–Kier alpha value is 0.234. The Kier molecular flexibility index (Phi) is 8.59.